The number of carbonyl (C=O) groups excluding carboxylic acids is 2. The Balaban J connectivity index is 1.83. The summed E-state index contributed by atoms with van der Waals surface area (Å²) in [6, 6.07) is 4.87. The van der Waals surface area contributed by atoms with Crippen LogP contribution in [0.2, 0.25) is 0 Å². The van der Waals surface area contributed by atoms with Crippen molar-refractivity contribution < 1.29 is 14.3 Å². The van der Waals surface area contributed by atoms with Gasteiger partial charge in [-0.1, -0.05) is 28.8 Å². The minimum Gasteiger partial charge on any atom is -0.444 e. The summed E-state index contributed by atoms with van der Waals surface area (Å²) in [5, 5.41) is 2.91. The number of benzene rings is 1. The summed E-state index contributed by atoms with van der Waals surface area (Å²) in [6.07, 6.45) is 4.46. The van der Waals surface area contributed by atoms with Crippen LogP contribution in [0, 0.1) is 5.92 Å². The lowest BCUT2D eigenvalue weighted by Crippen LogP contribution is -2.49. The molecule has 0 bridgehead atoms. The van der Waals surface area contributed by atoms with Crippen LogP contribution in [0.15, 0.2) is 22.7 Å². The zero-order valence-electron chi connectivity index (χ0n) is 16.1. The second-order valence-corrected chi connectivity index (χ2v) is 9.39. The van der Waals surface area contributed by atoms with Crippen molar-refractivity contribution >= 4 is 39.3 Å². The Morgan fingerprint density at radius 2 is 1.96 bits per heavy atom. The molecule has 1 saturated carbocycles. The van der Waals surface area contributed by atoms with E-state index in [-0.39, 0.29) is 11.9 Å². The predicted molar refractivity (Wildman–Crippen MR) is 109 cm³/mol. The Kier molecular flexibility index (Phi) is 5.70. The van der Waals surface area contributed by atoms with Crippen LogP contribution < -0.4 is 11.1 Å². The first kappa shape index (κ1) is 20.0. The van der Waals surface area contributed by atoms with Gasteiger partial charge in [-0.25, -0.2) is 4.79 Å². The maximum Gasteiger partial charge on any atom is 0.411 e. The molecule has 0 radical (unpaired) electrons. The van der Waals surface area contributed by atoms with E-state index in [4.69, 9.17) is 10.5 Å². The van der Waals surface area contributed by atoms with E-state index in [1.54, 1.807) is 17.0 Å². The first-order valence-corrected chi connectivity index (χ1v) is 10.3. The van der Waals surface area contributed by atoms with E-state index < -0.39 is 17.7 Å². The highest BCUT2D eigenvalue weighted by atomic mass is 79.9. The molecule has 1 aromatic rings. The second-order valence-electron chi connectivity index (χ2n) is 8.47. The maximum atomic E-state index is 13.1. The lowest BCUT2D eigenvalue weighted by atomic mass is 9.85. The van der Waals surface area contributed by atoms with E-state index in [0.29, 0.717) is 23.7 Å². The van der Waals surface area contributed by atoms with Gasteiger partial charge in [0.1, 0.15) is 11.6 Å². The molecule has 1 aliphatic heterocycles. The zero-order chi connectivity index (χ0) is 19.8. The third kappa shape index (κ3) is 4.57. The standard InChI is InChI=1S/C20H28BrN3O3/c1-20(2,3)27-19(26)24-16-7-5-4-6-12(16)10-17(24)18(25)23-15-11-13(21)8-9-14(15)22/h8-9,11-12,16-17H,4-7,10,22H2,1-3H3,(H,23,25)/t12-,16-,17-/m0/s1. The van der Waals surface area contributed by atoms with Gasteiger partial charge in [-0.3, -0.25) is 9.69 Å². The molecule has 3 atom stereocenters. The largest absolute Gasteiger partial charge is 0.444 e. The van der Waals surface area contributed by atoms with Gasteiger partial charge in [-0.2, -0.15) is 0 Å². The summed E-state index contributed by atoms with van der Waals surface area (Å²) in [7, 11) is 0. The third-order valence-corrected chi connectivity index (χ3v) is 5.76. The Morgan fingerprint density at radius 1 is 1.26 bits per heavy atom. The number of halogens is 1. The van der Waals surface area contributed by atoms with Crippen molar-refractivity contribution in [2.45, 2.75) is 70.6 Å². The summed E-state index contributed by atoms with van der Waals surface area (Å²) in [5.74, 6) is 0.141. The number of likely N-dealkylation sites (tertiary alicyclic amines) is 1. The molecule has 27 heavy (non-hydrogen) atoms. The van der Waals surface area contributed by atoms with Crippen molar-refractivity contribution in [1.82, 2.24) is 4.90 Å². The van der Waals surface area contributed by atoms with Gasteiger partial charge in [0.25, 0.3) is 0 Å². The minimum atomic E-state index is -0.598. The predicted octanol–water partition coefficient (Wildman–Crippen LogP) is 4.54. The normalized spacial score (nSPS) is 25.0. The number of nitrogens with zero attached hydrogens (tertiary/aromatic N) is 1. The van der Waals surface area contributed by atoms with E-state index in [2.05, 4.69) is 21.2 Å². The first-order chi connectivity index (χ1) is 12.7. The van der Waals surface area contributed by atoms with E-state index in [9.17, 15) is 9.59 Å². The molecule has 7 heteroatoms. The highest BCUT2D eigenvalue weighted by molar-refractivity contribution is 9.10. The van der Waals surface area contributed by atoms with E-state index in [1.165, 1.54) is 0 Å². The van der Waals surface area contributed by atoms with Crippen LogP contribution in [0.3, 0.4) is 0 Å². The Bertz CT molecular complexity index is 732. The molecule has 0 spiro atoms. The second kappa shape index (κ2) is 7.70. The number of hydrogen-bond acceptors (Lipinski definition) is 4. The van der Waals surface area contributed by atoms with Crippen molar-refractivity contribution in [2.75, 3.05) is 11.1 Å². The topological polar surface area (TPSA) is 84.7 Å². The summed E-state index contributed by atoms with van der Waals surface area (Å²) < 4.78 is 6.45. The summed E-state index contributed by atoms with van der Waals surface area (Å²) in [4.78, 5) is 27.6. The molecular formula is C20H28BrN3O3. The molecule has 6 nitrogen and oxygen atoms in total. The molecule has 0 unspecified atom stereocenters. The Hall–Kier alpha value is -1.76. The molecule has 0 aromatic heterocycles. The van der Waals surface area contributed by atoms with Crippen molar-refractivity contribution in [3.8, 4) is 0 Å². The number of fused-ring (bicyclic) bond motifs is 1. The third-order valence-electron chi connectivity index (χ3n) is 5.27. The molecule has 1 heterocycles. The minimum absolute atomic E-state index is 0.0733. The number of nitrogens with one attached hydrogen (secondary N) is 1. The number of ether oxygens (including phenoxy) is 1. The quantitative estimate of drug-likeness (QED) is 0.665. The first-order valence-electron chi connectivity index (χ1n) is 9.53. The van der Waals surface area contributed by atoms with Crippen LogP contribution in [0.5, 0.6) is 0 Å². The van der Waals surface area contributed by atoms with E-state index >= 15 is 0 Å². The number of nitrogens with two attached hydrogens (primary N) is 1. The zero-order valence-corrected chi connectivity index (χ0v) is 17.7. The fraction of sp³-hybridized carbons (Fsp3) is 0.600. The van der Waals surface area contributed by atoms with Crippen LogP contribution in [-0.4, -0.2) is 34.6 Å². The monoisotopic (exact) mass is 437 g/mol. The van der Waals surface area contributed by atoms with Crippen LogP contribution in [-0.2, 0) is 9.53 Å². The maximum absolute atomic E-state index is 13.1. The molecule has 3 N–H and O–H groups in total. The fourth-order valence-corrected chi connectivity index (χ4v) is 4.49. The molecule has 2 amide bonds. The Morgan fingerprint density at radius 3 is 2.67 bits per heavy atom. The SMILES string of the molecule is CC(C)(C)OC(=O)N1[C@H](C(=O)Nc2cc(Br)ccc2N)C[C@@H]2CCCC[C@@H]21. The molecule has 148 valence electrons. The van der Waals surface area contributed by atoms with Gasteiger partial charge in [0.15, 0.2) is 0 Å². The molecule has 1 saturated heterocycles. The van der Waals surface area contributed by atoms with Gasteiger partial charge in [-0.15, -0.1) is 0 Å². The number of nitrogen functional groups attached to an aromatic ring is 1. The average molecular weight is 438 g/mol. The van der Waals surface area contributed by atoms with Crippen molar-refractivity contribution in [2.24, 2.45) is 5.92 Å². The van der Waals surface area contributed by atoms with Crippen LogP contribution >= 0.6 is 15.9 Å². The summed E-state index contributed by atoms with van der Waals surface area (Å²) in [6.45, 7) is 5.53. The number of rotatable bonds is 2. The van der Waals surface area contributed by atoms with Crippen LogP contribution in [0.25, 0.3) is 0 Å². The van der Waals surface area contributed by atoms with Crippen LogP contribution in [0.1, 0.15) is 52.9 Å². The molecule has 3 rings (SSSR count). The van der Waals surface area contributed by atoms with Gasteiger partial charge in [0, 0.05) is 10.5 Å². The van der Waals surface area contributed by atoms with E-state index in [0.717, 1.165) is 30.2 Å². The number of hydrogen-bond donors (Lipinski definition) is 2. The van der Waals surface area contributed by atoms with Gasteiger partial charge < -0.3 is 15.8 Å². The van der Waals surface area contributed by atoms with Crippen molar-refractivity contribution in [1.29, 1.82) is 0 Å². The van der Waals surface area contributed by atoms with Gasteiger partial charge in [0.05, 0.1) is 11.4 Å². The fourth-order valence-electron chi connectivity index (χ4n) is 4.12. The number of amides is 2. The Labute approximate surface area is 168 Å². The number of anilines is 2. The van der Waals surface area contributed by atoms with Gasteiger partial charge in [-0.05, 0) is 64.2 Å². The summed E-state index contributed by atoms with van der Waals surface area (Å²) in [5.41, 5.74) is 6.43. The van der Waals surface area contributed by atoms with Gasteiger partial charge >= 0.3 is 6.09 Å². The highest BCUT2D eigenvalue weighted by Crippen LogP contribution is 2.41. The highest BCUT2D eigenvalue weighted by Gasteiger charge is 2.48. The summed E-state index contributed by atoms with van der Waals surface area (Å²) >= 11 is 3.40. The average Bonchev–Trinajstić information content (AvgIpc) is 2.96. The van der Waals surface area contributed by atoms with Gasteiger partial charge in [0.2, 0.25) is 5.91 Å². The molecule has 1 aromatic carbocycles. The van der Waals surface area contributed by atoms with Crippen molar-refractivity contribution in [3.05, 3.63) is 22.7 Å². The molecule has 2 fully saturated rings. The lowest BCUT2D eigenvalue weighted by molar-refractivity contribution is -0.120. The number of carbonyl (C=O) groups is 2. The molecular weight excluding hydrogens is 410 g/mol. The molecule has 2 aliphatic rings. The van der Waals surface area contributed by atoms with E-state index in [1.807, 2.05) is 26.8 Å². The van der Waals surface area contributed by atoms with Crippen LogP contribution in [0.4, 0.5) is 16.2 Å². The van der Waals surface area contributed by atoms with Crippen molar-refractivity contribution in [3.63, 3.8) is 0 Å². The molecule has 1 aliphatic carbocycles. The lowest BCUT2D eigenvalue weighted by Gasteiger charge is -2.34. The smallest absolute Gasteiger partial charge is 0.411 e.